The van der Waals surface area contributed by atoms with Gasteiger partial charge in [-0.05, 0) is 0 Å². The van der Waals surface area contributed by atoms with Crippen molar-refractivity contribution in [2.45, 2.75) is 24.5 Å². The summed E-state index contributed by atoms with van der Waals surface area (Å²) >= 11 is 0. The van der Waals surface area contributed by atoms with Crippen LogP contribution in [-0.4, -0.2) is 66.3 Å². The maximum absolute atomic E-state index is 12.2. The van der Waals surface area contributed by atoms with Gasteiger partial charge in [0.15, 0.2) is 24.2 Å². The number of hydrogen-bond acceptors (Lipinski definition) is 13. The average molecular weight is 455 g/mol. The molecular weight excluding hydrogens is 440 g/mol. The molecule has 0 bridgehead atoms. The van der Waals surface area contributed by atoms with E-state index in [1.165, 1.54) is 4.57 Å². The molecule has 0 radical (unpaired) electrons. The molecule has 0 aliphatic carbocycles. The molecule has 6 N–H and O–H groups in total. The molecule has 0 aromatic carbocycles. The molecule has 2 saturated heterocycles. The number of hydrogen-bond donors (Lipinski definition) is 5. The number of phosphoric acid groups is 2. The minimum Gasteiger partial charge on any atom is -0.387 e. The molecule has 2 aliphatic heterocycles. The van der Waals surface area contributed by atoms with Crippen LogP contribution in [0.5, 0.6) is 0 Å². The van der Waals surface area contributed by atoms with Gasteiger partial charge in [0.25, 0.3) is 5.56 Å². The maximum atomic E-state index is 12.2. The molecule has 0 spiro atoms. The van der Waals surface area contributed by atoms with Crippen LogP contribution >= 0.6 is 15.6 Å². The van der Waals surface area contributed by atoms with E-state index in [0.29, 0.717) is 0 Å². The standard InChI is InChI=1S/C11H15N5O11P2/c12-11-14-8-5(9(19)15-11)13-2-16(8)10-7(18)6(17)4(26-10)1-23-29(22)25-3-24-28(20,21)27-29/h2,4,6-7,10,17-18H,1,3H2,(H,20,21)(H3,12,14,15,19)/t4-,6?,7+,10-,29?/m1/s1. The van der Waals surface area contributed by atoms with Gasteiger partial charge in [-0.15, -0.1) is 0 Å². The SMILES string of the molecule is Nc1nc2c(ncn2[C@@H]2O[C@H](COP3(=O)OCOP(=O)(O)O3)C(O)[C@@H]2O)c(=O)[nH]1. The number of imidazole rings is 1. The highest BCUT2D eigenvalue weighted by Crippen LogP contribution is 2.67. The van der Waals surface area contributed by atoms with Crippen LogP contribution in [0.3, 0.4) is 0 Å². The number of fused-ring (bicyclic) bond motifs is 1. The van der Waals surface area contributed by atoms with Crippen molar-refractivity contribution in [1.82, 2.24) is 19.5 Å². The van der Waals surface area contributed by atoms with E-state index < -0.39 is 59.1 Å². The number of aliphatic hydroxyl groups excluding tert-OH is 2. The summed E-state index contributed by atoms with van der Waals surface area (Å²) in [6.45, 7) is -1.46. The predicted octanol–water partition coefficient (Wildman–Crippen LogP) is -1.43. The number of aromatic amines is 1. The predicted molar refractivity (Wildman–Crippen MR) is 90.0 cm³/mol. The van der Waals surface area contributed by atoms with Gasteiger partial charge in [-0.2, -0.15) is 9.29 Å². The van der Waals surface area contributed by atoms with Gasteiger partial charge in [0, 0.05) is 0 Å². The first-order valence-electron chi connectivity index (χ1n) is 7.90. The Morgan fingerprint density at radius 2 is 2.10 bits per heavy atom. The fourth-order valence-electron chi connectivity index (χ4n) is 2.78. The monoisotopic (exact) mass is 455 g/mol. The Kier molecular flexibility index (Phi) is 5.11. The summed E-state index contributed by atoms with van der Waals surface area (Å²) in [7, 11) is -9.09. The molecule has 4 heterocycles. The van der Waals surface area contributed by atoms with Crippen LogP contribution in [-0.2, 0) is 31.7 Å². The van der Waals surface area contributed by atoms with E-state index in [0.717, 1.165) is 6.33 Å². The Morgan fingerprint density at radius 1 is 1.34 bits per heavy atom. The first-order valence-corrected chi connectivity index (χ1v) is 10.9. The Morgan fingerprint density at radius 3 is 2.83 bits per heavy atom. The number of anilines is 1. The van der Waals surface area contributed by atoms with Crippen molar-refractivity contribution in [3.8, 4) is 0 Å². The topological polar surface area (TPSA) is 231 Å². The van der Waals surface area contributed by atoms with Gasteiger partial charge in [-0.25, -0.2) is 14.1 Å². The van der Waals surface area contributed by atoms with Crippen LogP contribution in [0.25, 0.3) is 11.2 Å². The summed E-state index contributed by atoms with van der Waals surface area (Å²) in [5.41, 5.74) is 4.82. The molecule has 18 heteroatoms. The second-order valence-corrected chi connectivity index (χ2v) is 9.25. The largest absolute Gasteiger partial charge is 0.485 e. The molecule has 6 atom stereocenters. The van der Waals surface area contributed by atoms with Crippen LogP contribution in [0.4, 0.5) is 5.95 Å². The molecule has 2 aromatic rings. The number of ether oxygens (including phenoxy) is 1. The summed E-state index contributed by atoms with van der Waals surface area (Å²) in [4.78, 5) is 31.1. The maximum Gasteiger partial charge on any atom is 0.485 e. The van der Waals surface area contributed by atoms with Gasteiger partial charge in [-0.1, -0.05) is 0 Å². The smallest absolute Gasteiger partial charge is 0.387 e. The number of aromatic nitrogens is 4. The Hall–Kier alpha value is -1.71. The van der Waals surface area contributed by atoms with Gasteiger partial charge in [0.1, 0.15) is 18.3 Å². The second-order valence-electron chi connectivity index (χ2n) is 5.99. The van der Waals surface area contributed by atoms with Gasteiger partial charge >= 0.3 is 15.6 Å². The van der Waals surface area contributed by atoms with Crippen LogP contribution in [0, 0.1) is 0 Å². The lowest BCUT2D eigenvalue weighted by molar-refractivity contribution is -0.0569. The van der Waals surface area contributed by atoms with E-state index >= 15 is 0 Å². The van der Waals surface area contributed by atoms with E-state index in [1.54, 1.807) is 0 Å². The van der Waals surface area contributed by atoms with Crippen molar-refractivity contribution >= 4 is 32.8 Å². The fraction of sp³-hybridized carbons (Fsp3) is 0.545. The molecule has 0 saturated carbocycles. The summed E-state index contributed by atoms with van der Waals surface area (Å²) in [6.07, 6.45) is -4.41. The third-order valence-corrected chi connectivity index (χ3v) is 7.03. The van der Waals surface area contributed by atoms with Crippen LogP contribution < -0.4 is 11.3 Å². The van der Waals surface area contributed by atoms with E-state index in [2.05, 4.69) is 28.3 Å². The number of rotatable bonds is 4. The lowest BCUT2D eigenvalue weighted by Gasteiger charge is -2.25. The van der Waals surface area contributed by atoms with Crippen molar-refractivity contribution in [3.63, 3.8) is 0 Å². The molecule has 2 aliphatic rings. The lowest BCUT2D eigenvalue weighted by Crippen LogP contribution is -2.33. The second kappa shape index (κ2) is 7.21. The molecule has 2 aromatic heterocycles. The first-order chi connectivity index (χ1) is 13.6. The minimum absolute atomic E-state index is 0.00539. The minimum atomic E-state index is -4.62. The van der Waals surface area contributed by atoms with Crippen LogP contribution in [0.15, 0.2) is 11.1 Å². The van der Waals surface area contributed by atoms with E-state index in [9.17, 15) is 29.0 Å². The van der Waals surface area contributed by atoms with E-state index in [-0.39, 0.29) is 17.1 Å². The number of aliphatic hydroxyl groups is 2. The van der Waals surface area contributed by atoms with E-state index in [4.69, 9.17) is 15.0 Å². The summed E-state index contributed by atoms with van der Waals surface area (Å²) in [6, 6.07) is 0. The van der Waals surface area contributed by atoms with Gasteiger partial charge in [-0.3, -0.25) is 27.9 Å². The Labute approximate surface area is 160 Å². The number of nitrogens with two attached hydrogens (primary N) is 1. The quantitative estimate of drug-likeness (QED) is 0.333. The zero-order chi connectivity index (χ0) is 21.0. The van der Waals surface area contributed by atoms with Crippen molar-refractivity contribution in [3.05, 3.63) is 16.7 Å². The number of phosphoric ester groups is 2. The van der Waals surface area contributed by atoms with Crippen molar-refractivity contribution < 1.29 is 46.9 Å². The van der Waals surface area contributed by atoms with Crippen LogP contribution in [0.2, 0.25) is 0 Å². The number of nitrogens with one attached hydrogen (secondary N) is 1. The highest BCUT2D eigenvalue weighted by molar-refractivity contribution is 7.62. The molecule has 3 unspecified atom stereocenters. The Balaban J connectivity index is 1.52. The highest BCUT2D eigenvalue weighted by atomic mass is 31.3. The lowest BCUT2D eigenvalue weighted by atomic mass is 10.1. The summed E-state index contributed by atoms with van der Waals surface area (Å²) < 4.78 is 48.2. The van der Waals surface area contributed by atoms with Gasteiger partial charge < -0.3 is 25.6 Å². The summed E-state index contributed by atoms with van der Waals surface area (Å²) in [5.74, 6) is -0.197. The molecule has 2 fully saturated rings. The van der Waals surface area contributed by atoms with Crippen molar-refractivity contribution in [1.29, 1.82) is 0 Å². The van der Waals surface area contributed by atoms with Gasteiger partial charge in [0.05, 0.1) is 12.9 Å². The first kappa shape index (κ1) is 20.6. The van der Waals surface area contributed by atoms with E-state index in [1.807, 2.05) is 0 Å². The van der Waals surface area contributed by atoms with Crippen molar-refractivity contribution in [2.75, 3.05) is 19.1 Å². The molecule has 0 amide bonds. The zero-order valence-corrected chi connectivity index (χ0v) is 16.0. The average Bonchev–Trinajstić information content (AvgIpc) is 3.14. The third kappa shape index (κ3) is 3.87. The zero-order valence-electron chi connectivity index (χ0n) is 14.2. The molecule has 29 heavy (non-hydrogen) atoms. The molecule has 4 rings (SSSR count). The summed E-state index contributed by atoms with van der Waals surface area (Å²) in [5, 5.41) is 20.5. The van der Waals surface area contributed by atoms with Crippen molar-refractivity contribution in [2.24, 2.45) is 0 Å². The third-order valence-electron chi connectivity index (χ3n) is 4.09. The molecule has 160 valence electrons. The Bertz CT molecular complexity index is 1090. The van der Waals surface area contributed by atoms with Crippen LogP contribution in [0.1, 0.15) is 6.23 Å². The molecular formula is C11H15N5O11P2. The van der Waals surface area contributed by atoms with Gasteiger partial charge in [0.2, 0.25) is 5.95 Å². The number of nitrogens with zero attached hydrogens (tertiary/aromatic N) is 3. The fourth-order valence-corrected chi connectivity index (χ4v) is 5.21. The highest BCUT2D eigenvalue weighted by Gasteiger charge is 2.48. The number of H-pyrrole nitrogens is 1. The normalized spacial score (nSPS) is 37.9. The molecule has 16 nitrogen and oxygen atoms in total. The number of nitrogen functional groups attached to an aromatic ring is 1.